The van der Waals surface area contributed by atoms with Gasteiger partial charge >= 0.3 is 0 Å². The minimum absolute atomic E-state index is 0.0534. The number of hydrogen-bond donors (Lipinski definition) is 2. The first-order valence-corrected chi connectivity index (χ1v) is 13.5. The van der Waals surface area contributed by atoms with Gasteiger partial charge in [-0.05, 0) is 120 Å². The molecule has 4 rings (SSSR count). The standard InChI is InChI=1S/C28H41FN2O3/c29-24-8-6-22(7-9-24)28(34)23-13-16-31(17-14-23)15-12-20-4-10-25(11-5-20)30-27(33)19-21-2-1-3-26(32)18-21/h6-9,20-21,23,25-26,32H,1-5,10-19H2,(H,30,33)/t20?,21?,25?,26-/m1/s1. The minimum Gasteiger partial charge on any atom is -0.393 e. The fourth-order valence-electron chi connectivity index (χ4n) is 6.23. The van der Waals surface area contributed by atoms with Gasteiger partial charge in [-0.2, -0.15) is 0 Å². The Bertz CT molecular complexity index is 798. The van der Waals surface area contributed by atoms with Crippen LogP contribution < -0.4 is 5.32 Å². The highest BCUT2D eigenvalue weighted by Gasteiger charge is 2.28. The zero-order valence-electron chi connectivity index (χ0n) is 20.4. The molecular formula is C28H41FN2O3. The van der Waals surface area contributed by atoms with Crippen LogP contribution in [0, 0.1) is 23.6 Å². The molecular weight excluding hydrogens is 431 g/mol. The molecule has 3 fully saturated rings. The Balaban J connectivity index is 1.09. The second kappa shape index (κ2) is 12.3. The van der Waals surface area contributed by atoms with Gasteiger partial charge in [-0.15, -0.1) is 0 Å². The minimum atomic E-state index is -0.303. The monoisotopic (exact) mass is 472 g/mol. The number of benzene rings is 1. The maximum atomic E-state index is 13.1. The maximum absolute atomic E-state index is 13.1. The van der Waals surface area contributed by atoms with Gasteiger partial charge in [0, 0.05) is 23.9 Å². The summed E-state index contributed by atoms with van der Waals surface area (Å²) < 4.78 is 13.1. The molecule has 1 aliphatic heterocycles. The molecule has 2 aliphatic carbocycles. The average Bonchev–Trinajstić information content (AvgIpc) is 2.84. The molecule has 1 unspecified atom stereocenters. The molecule has 1 heterocycles. The molecule has 1 aromatic rings. The molecule has 0 spiro atoms. The number of aliphatic hydroxyl groups excluding tert-OH is 1. The van der Waals surface area contributed by atoms with Crippen LogP contribution in [0.25, 0.3) is 0 Å². The van der Waals surface area contributed by atoms with Crippen LogP contribution in [0.15, 0.2) is 24.3 Å². The number of likely N-dealkylation sites (tertiary alicyclic amines) is 1. The third-order valence-electron chi connectivity index (χ3n) is 8.38. The average molecular weight is 473 g/mol. The Morgan fingerprint density at radius 1 is 0.941 bits per heavy atom. The fourth-order valence-corrected chi connectivity index (χ4v) is 6.23. The molecule has 2 atom stereocenters. The van der Waals surface area contributed by atoms with Crippen molar-refractivity contribution in [1.82, 2.24) is 10.2 Å². The summed E-state index contributed by atoms with van der Waals surface area (Å²) in [6.07, 6.45) is 11.5. The zero-order chi connectivity index (χ0) is 23.9. The zero-order valence-corrected chi connectivity index (χ0v) is 20.4. The summed E-state index contributed by atoms with van der Waals surface area (Å²) in [6, 6.07) is 6.24. The van der Waals surface area contributed by atoms with E-state index in [4.69, 9.17) is 0 Å². The van der Waals surface area contributed by atoms with E-state index in [9.17, 15) is 19.1 Å². The number of hydrogen-bond acceptors (Lipinski definition) is 4. The quantitative estimate of drug-likeness (QED) is 0.537. The number of ketones is 1. The van der Waals surface area contributed by atoms with Crippen LogP contribution in [-0.2, 0) is 4.79 Å². The number of halogens is 1. The molecule has 1 saturated heterocycles. The van der Waals surface area contributed by atoms with E-state index in [0.29, 0.717) is 23.9 Å². The fraction of sp³-hybridized carbons (Fsp3) is 0.714. The van der Waals surface area contributed by atoms with Crippen molar-refractivity contribution in [3.05, 3.63) is 35.6 Å². The van der Waals surface area contributed by atoms with E-state index >= 15 is 0 Å². The number of piperidine rings is 1. The van der Waals surface area contributed by atoms with Crippen molar-refractivity contribution in [3.63, 3.8) is 0 Å². The molecule has 0 bridgehead atoms. The number of rotatable bonds is 8. The van der Waals surface area contributed by atoms with Gasteiger partial charge in [0.25, 0.3) is 0 Å². The molecule has 0 aromatic heterocycles. The third kappa shape index (κ3) is 7.35. The van der Waals surface area contributed by atoms with Crippen molar-refractivity contribution < 1.29 is 19.1 Å². The first-order valence-electron chi connectivity index (χ1n) is 13.5. The van der Waals surface area contributed by atoms with E-state index in [0.717, 1.165) is 76.9 Å². The molecule has 34 heavy (non-hydrogen) atoms. The second-order valence-corrected chi connectivity index (χ2v) is 11.0. The molecule has 0 radical (unpaired) electrons. The number of Topliss-reactive ketones (excluding diaryl/α,β-unsaturated/α-hetero) is 1. The van der Waals surface area contributed by atoms with Gasteiger partial charge in [0.15, 0.2) is 5.78 Å². The molecule has 1 amide bonds. The Morgan fingerprint density at radius 3 is 2.32 bits per heavy atom. The Hall–Kier alpha value is -1.79. The predicted octanol–water partition coefficient (Wildman–Crippen LogP) is 4.73. The van der Waals surface area contributed by atoms with Gasteiger partial charge in [0.05, 0.1) is 6.10 Å². The summed E-state index contributed by atoms with van der Waals surface area (Å²) in [6.45, 7) is 3.00. The Morgan fingerprint density at radius 2 is 1.65 bits per heavy atom. The second-order valence-electron chi connectivity index (χ2n) is 11.0. The van der Waals surface area contributed by atoms with Crippen LogP contribution in [0.3, 0.4) is 0 Å². The topological polar surface area (TPSA) is 69.6 Å². The predicted molar refractivity (Wildman–Crippen MR) is 131 cm³/mol. The third-order valence-corrected chi connectivity index (χ3v) is 8.38. The maximum Gasteiger partial charge on any atom is 0.220 e. The van der Waals surface area contributed by atoms with Crippen molar-refractivity contribution in [3.8, 4) is 0 Å². The van der Waals surface area contributed by atoms with Gasteiger partial charge in [-0.25, -0.2) is 4.39 Å². The molecule has 1 aromatic carbocycles. The number of aliphatic hydroxyl groups is 1. The van der Waals surface area contributed by atoms with Crippen LogP contribution >= 0.6 is 0 Å². The normalized spacial score (nSPS) is 29.0. The summed E-state index contributed by atoms with van der Waals surface area (Å²) in [5.41, 5.74) is 0.625. The highest BCUT2D eigenvalue weighted by molar-refractivity contribution is 5.97. The van der Waals surface area contributed by atoms with Crippen LogP contribution in [0.4, 0.5) is 4.39 Å². The van der Waals surface area contributed by atoms with Gasteiger partial charge in [0.2, 0.25) is 5.91 Å². The largest absolute Gasteiger partial charge is 0.393 e. The smallest absolute Gasteiger partial charge is 0.220 e. The van der Waals surface area contributed by atoms with Crippen LogP contribution in [0.1, 0.15) is 87.4 Å². The van der Waals surface area contributed by atoms with Gasteiger partial charge in [-0.3, -0.25) is 9.59 Å². The van der Waals surface area contributed by atoms with Gasteiger partial charge in [-0.1, -0.05) is 6.42 Å². The lowest BCUT2D eigenvalue weighted by Gasteiger charge is -2.34. The van der Waals surface area contributed by atoms with Crippen molar-refractivity contribution >= 4 is 11.7 Å². The summed E-state index contributed by atoms with van der Waals surface area (Å²) in [5, 5.41) is 13.1. The number of carbonyl (C=O) groups is 2. The molecule has 188 valence electrons. The van der Waals surface area contributed by atoms with Crippen molar-refractivity contribution in [2.24, 2.45) is 17.8 Å². The summed E-state index contributed by atoms with van der Waals surface area (Å²) in [4.78, 5) is 27.6. The first-order chi connectivity index (χ1) is 16.5. The Labute approximate surface area is 203 Å². The van der Waals surface area contributed by atoms with Crippen LogP contribution in [0.2, 0.25) is 0 Å². The van der Waals surface area contributed by atoms with Crippen molar-refractivity contribution in [2.45, 2.75) is 89.2 Å². The van der Waals surface area contributed by atoms with Crippen molar-refractivity contribution in [2.75, 3.05) is 19.6 Å². The van der Waals surface area contributed by atoms with Crippen LogP contribution in [0.5, 0.6) is 0 Å². The molecule has 5 nitrogen and oxygen atoms in total. The van der Waals surface area contributed by atoms with Gasteiger partial charge < -0.3 is 15.3 Å². The number of nitrogens with zero attached hydrogens (tertiary/aromatic N) is 1. The Kier molecular flexibility index (Phi) is 9.12. The summed E-state index contributed by atoms with van der Waals surface area (Å²) in [5.74, 6) is 1.14. The highest BCUT2D eigenvalue weighted by atomic mass is 19.1. The summed E-state index contributed by atoms with van der Waals surface area (Å²) >= 11 is 0. The van der Waals surface area contributed by atoms with E-state index in [1.165, 1.54) is 31.4 Å². The molecule has 2 saturated carbocycles. The molecule has 6 heteroatoms. The molecule has 2 N–H and O–H groups in total. The lowest BCUT2D eigenvalue weighted by molar-refractivity contribution is -0.123. The van der Waals surface area contributed by atoms with Crippen molar-refractivity contribution in [1.29, 1.82) is 0 Å². The molecule has 3 aliphatic rings. The summed E-state index contributed by atoms with van der Waals surface area (Å²) in [7, 11) is 0. The van der Waals surface area contributed by atoms with Crippen LogP contribution in [-0.4, -0.2) is 53.5 Å². The van der Waals surface area contributed by atoms with E-state index in [1.807, 2.05) is 0 Å². The van der Waals surface area contributed by atoms with E-state index < -0.39 is 0 Å². The lowest BCUT2D eigenvalue weighted by Crippen LogP contribution is -2.40. The lowest BCUT2D eigenvalue weighted by atomic mass is 9.83. The number of carbonyl (C=O) groups excluding carboxylic acids is 2. The first kappa shape index (κ1) is 25.3. The van der Waals surface area contributed by atoms with Gasteiger partial charge in [0.1, 0.15) is 5.82 Å². The van der Waals surface area contributed by atoms with E-state index in [1.54, 1.807) is 12.1 Å². The number of nitrogens with one attached hydrogen (secondary N) is 1. The van der Waals surface area contributed by atoms with E-state index in [-0.39, 0.29) is 29.5 Å². The highest BCUT2D eigenvalue weighted by Crippen LogP contribution is 2.30. The SMILES string of the molecule is O=C(CC1CCC[C@@H](O)C1)NC1CCC(CCN2CCC(C(=O)c3ccc(F)cc3)CC2)CC1. The number of amides is 1. The van der Waals surface area contributed by atoms with E-state index in [2.05, 4.69) is 10.2 Å².